The zero-order chi connectivity index (χ0) is 16.2. The van der Waals surface area contributed by atoms with E-state index in [9.17, 15) is 19.8 Å². The fourth-order valence-electron chi connectivity index (χ4n) is 2.58. The maximum absolute atomic E-state index is 12.1. The molecule has 2 aliphatic heterocycles. The average Bonchev–Trinajstić information content (AvgIpc) is 2.72. The second-order valence-corrected chi connectivity index (χ2v) is 6.87. The van der Waals surface area contributed by atoms with Crippen molar-refractivity contribution >= 4 is 51.7 Å². The maximum Gasteiger partial charge on any atom is 0.353 e. The number of rotatable bonds is 3. The molecule has 1 aromatic heterocycles. The third kappa shape index (κ3) is 2.28. The minimum absolute atomic E-state index is 0.116. The van der Waals surface area contributed by atoms with E-state index in [4.69, 9.17) is 23.2 Å². The monoisotopic (exact) mass is 360 g/mol. The number of carboxylic acid groups (broad SMARTS) is 1. The van der Waals surface area contributed by atoms with Crippen LogP contribution < -0.4 is 0 Å². The van der Waals surface area contributed by atoms with Gasteiger partial charge in [0, 0.05) is 4.91 Å². The van der Waals surface area contributed by atoms with E-state index in [1.54, 1.807) is 0 Å². The summed E-state index contributed by atoms with van der Waals surface area (Å²) in [6.07, 6.45) is -0.847. The van der Waals surface area contributed by atoms with Crippen molar-refractivity contribution in [1.29, 1.82) is 0 Å². The molecule has 9 heteroatoms. The van der Waals surface area contributed by atoms with Crippen molar-refractivity contribution in [2.45, 2.75) is 18.4 Å². The van der Waals surface area contributed by atoms with Crippen LogP contribution in [0.5, 0.6) is 0 Å². The van der Waals surface area contributed by atoms with Crippen LogP contribution >= 0.6 is 35.0 Å². The van der Waals surface area contributed by atoms with Crippen LogP contribution in [0.25, 0.3) is 4.91 Å². The highest BCUT2D eigenvalue weighted by Gasteiger charge is 2.57. The van der Waals surface area contributed by atoms with Gasteiger partial charge in [-0.2, -0.15) is 0 Å². The van der Waals surface area contributed by atoms with E-state index < -0.39 is 29.3 Å². The number of hydrogen-bond donors (Lipinski definition) is 2. The van der Waals surface area contributed by atoms with Crippen LogP contribution in [0.15, 0.2) is 17.8 Å². The highest BCUT2D eigenvalue weighted by molar-refractivity contribution is 8.09. The summed E-state index contributed by atoms with van der Waals surface area (Å²) in [6, 6.07) is 2.99. The van der Waals surface area contributed by atoms with Gasteiger partial charge in [-0.1, -0.05) is 35.0 Å². The lowest BCUT2D eigenvalue weighted by Crippen LogP contribution is -2.60. The molecule has 3 atom stereocenters. The topological polar surface area (TPSA) is 90.7 Å². The predicted octanol–water partition coefficient (Wildman–Crippen LogP) is 2.05. The number of halogens is 2. The van der Waals surface area contributed by atoms with Crippen molar-refractivity contribution < 1.29 is 19.8 Å². The Balaban J connectivity index is 2.07. The molecule has 3 heterocycles. The molecule has 6 nitrogen and oxygen atoms in total. The number of aliphatic carboxylic acids is 1. The minimum atomic E-state index is -1.22. The molecule has 1 fully saturated rings. The van der Waals surface area contributed by atoms with Gasteiger partial charge < -0.3 is 10.2 Å². The third-order valence-corrected chi connectivity index (χ3v) is 5.32. The fraction of sp³-hybridized carbons (Fsp3) is 0.308. The third-order valence-electron chi connectivity index (χ3n) is 3.53. The lowest BCUT2D eigenvalue weighted by atomic mass is 9.92. The first kappa shape index (κ1) is 15.6. The van der Waals surface area contributed by atoms with E-state index in [1.165, 1.54) is 35.7 Å². The number of amides is 1. The van der Waals surface area contributed by atoms with Gasteiger partial charge in [0.2, 0.25) is 5.91 Å². The fourth-order valence-corrected chi connectivity index (χ4v) is 4.64. The molecule has 2 N–H and O–H groups in total. The van der Waals surface area contributed by atoms with Crippen LogP contribution in [-0.4, -0.2) is 43.5 Å². The van der Waals surface area contributed by atoms with Crippen molar-refractivity contribution in [3.05, 3.63) is 33.7 Å². The number of nitrogens with zero attached hydrogens (tertiary/aromatic N) is 2. The first-order valence-electron chi connectivity index (χ1n) is 6.30. The van der Waals surface area contributed by atoms with Crippen molar-refractivity contribution in [3.63, 3.8) is 0 Å². The Morgan fingerprint density at radius 2 is 2.00 bits per heavy atom. The SMILES string of the molecule is C[C@@H](O)[C@H]1C(=O)N2C(C(=O)O)=C(c3cc(Cl)nc(Cl)c3)S[C@H]12. The van der Waals surface area contributed by atoms with Gasteiger partial charge in [-0.15, -0.1) is 0 Å². The molecular formula is C13H10Cl2N2O4S. The highest BCUT2D eigenvalue weighted by Crippen LogP contribution is 2.53. The lowest BCUT2D eigenvalue weighted by Gasteiger charge is -2.43. The molecule has 0 spiro atoms. The molecule has 1 amide bonds. The normalized spacial score (nSPS) is 25.1. The predicted molar refractivity (Wildman–Crippen MR) is 82.2 cm³/mol. The quantitative estimate of drug-likeness (QED) is 0.633. The summed E-state index contributed by atoms with van der Waals surface area (Å²) in [7, 11) is 0. The number of aliphatic hydroxyl groups is 1. The Morgan fingerprint density at radius 3 is 2.50 bits per heavy atom. The van der Waals surface area contributed by atoms with E-state index in [1.807, 2.05) is 0 Å². The summed E-state index contributed by atoms with van der Waals surface area (Å²) in [4.78, 5) is 29.1. The smallest absolute Gasteiger partial charge is 0.353 e. The van der Waals surface area contributed by atoms with Crippen LogP contribution in [0, 0.1) is 5.92 Å². The number of pyridine rings is 1. The standard InChI is InChI=1S/C13H10Cl2N2O4S/c1-4(18)8-11(19)17-9(13(20)21)10(22-12(8)17)5-2-6(14)16-7(15)3-5/h2-4,8,12,18H,1H3,(H,20,21)/t4-,8+,12-/m1/s1. The van der Waals surface area contributed by atoms with E-state index in [0.29, 0.717) is 10.5 Å². The van der Waals surface area contributed by atoms with Crippen molar-refractivity contribution in [1.82, 2.24) is 9.88 Å². The lowest BCUT2D eigenvalue weighted by molar-refractivity contribution is -0.156. The number of carboxylic acids is 1. The number of aliphatic hydroxyl groups excluding tert-OH is 1. The highest BCUT2D eigenvalue weighted by atomic mass is 35.5. The number of aromatic nitrogens is 1. The van der Waals surface area contributed by atoms with Gasteiger partial charge in [-0.25, -0.2) is 9.78 Å². The second kappa shape index (κ2) is 5.42. The molecule has 0 radical (unpaired) electrons. The van der Waals surface area contributed by atoms with Crippen LogP contribution in [0.4, 0.5) is 0 Å². The van der Waals surface area contributed by atoms with Gasteiger partial charge in [-0.3, -0.25) is 9.69 Å². The second-order valence-electron chi connectivity index (χ2n) is 4.97. The van der Waals surface area contributed by atoms with Crippen molar-refractivity contribution in [3.8, 4) is 0 Å². The summed E-state index contributed by atoms with van der Waals surface area (Å²) in [5.74, 6) is -2.23. The van der Waals surface area contributed by atoms with Crippen LogP contribution in [0.3, 0.4) is 0 Å². The zero-order valence-electron chi connectivity index (χ0n) is 11.2. The summed E-state index contributed by atoms with van der Waals surface area (Å²) >= 11 is 12.9. The number of fused-ring (bicyclic) bond motifs is 1. The van der Waals surface area contributed by atoms with Crippen molar-refractivity contribution in [2.24, 2.45) is 5.92 Å². The number of thioether (sulfide) groups is 1. The van der Waals surface area contributed by atoms with Gasteiger partial charge in [0.05, 0.1) is 12.0 Å². The Kier molecular flexibility index (Phi) is 3.84. The molecule has 1 saturated heterocycles. The summed E-state index contributed by atoms with van der Waals surface area (Å²) < 4.78 is 0. The Morgan fingerprint density at radius 1 is 1.41 bits per heavy atom. The Bertz CT molecular complexity index is 702. The van der Waals surface area contributed by atoms with E-state index in [2.05, 4.69) is 4.98 Å². The van der Waals surface area contributed by atoms with Gasteiger partial charge >= 0.3 is 5.97 Å². The number of β-lactam (4-membered cyclic amide) rings is 1. The van der Waals surface area contributed by atoms with E-state index in [-0.39, 0.29) is 16.0 Å². The van der Waals surface area contributed by atoms with Gasteiger partial charge in [0.15, 0.2) is 0 Å². The molecule has 116 valence electrons. The molecule has 0 saturated carbocycles. The maximum atomic E-state index is 12.1. The number of hydrogen-bond acceptors (Lipinski definition) is 5. The van der Waals surface area contributed by atoms with Crippen molar-refractivity contribution in [2.75, 3.05) is 0 Å². The molecule has 0 bridgehead atoms. The molecule has 0 aromatic carbocycles. The summed E-state index contributed by atoms with van der Waals surface area (Å²) in [6.45, 7) is 1.51. The largest absolute Gasteiger partial charge is 0.477 e. The van der Waals surface area contributed by atoms with E-state index >= 15 is 0 Å². The summed E-state index contributed by atoms with van der Waals surface area (Å²) in [5.41, 5.74) is 0.370. The molecule has 1 aromatic rings. The first-order valence-corrected chi connectivity index (χ1v) is 7.93. The van der Waals surface area contributed by atoms with E-state index in [0.717, 1.165) is 0 Å². The zero-order valence-corrected chi connectivity index (χ0v) is 13.5. The first-order chi connectivity index (χ1) is 10.3. The Hall–Kier alpha value is -1.28. The van der Waals surface area contributed by atoms with Gasteiger partial charge in [0.1, 0.15) is 21.4 Å². The molecular weight excluding hydrogens is 351 g/mol. The van der Waals surface area contributed by atoms with Gasteiger partial charge in [0.25, 0.3) is 0 Å². The molecule has 0 aliphatic carbocycles. The molecule has 3 rings (SSSR count). The Labute approximate surface area is 139 Å². The summed E-state index contributed by atoms with van der Waals surface area (Å²) in [5, 5.41) is 19.0. The van der Waals surface area contributed by atoms with Crippen LogP contribution in [-0.2, 0) is 9.59 Å². The number of carbonyl (C=O) groups excluding carboxylic acids is 1. The minimum Gasteiger partial charge on any atom is -0.477 e. The molecule has 22 heavy (non-hydrogen) atoms. The average molecular weight is 361 g/mol. The van der Waals surface area contributed by atoms with Crippen LogP contribution in [0.2, 0.25) is 10.3 Å². The molecule has 2 aliphatic rings. The molecule has 0 unspecified atom stereocenters. The van der Waals surface area contributed by atoms with Crippen LogP contribution in [0.1, 0.15) is 12.5 Å². The van der Waals surface area contributed by atoms with Gasteiger partial charge in [-0.05, 0) is 24.6 Å². The number of carbonyl (C=O) groups is 2.